The maximum atomic E-state index is 11.9. The minimum Gasteiger partial charge on any atom is -0.481 e. The van der Waals surface area contributed by atoms with Crippen LogP contribution in [0.5, 0.6) is 5.88 Å². The molecule has 28 heavy (non-hydrogen) atoms. The van der Waals surface area contributed by atoms with Gasteiger partial charge in [-0.2, -0.15) is 0 Å². The highest BCUT2D eigenvalue weighted by Crippen LogP contribution is 2.45. The molecule has 1 aliphatic carbocycles. The second kappa shape index (κ2) is 8.59. The summed E-state index contributed by atoms with van der Waals surface area (Å²) in [6.45, 7) is 2.10. The van der Waals surface area contributed by atoms with Crippen molar-refractivity contribution in [2.24, 2.45) is 5.73 Å². The molecule has 0 saturated carbocycles. The molecule has 2 aromatic rings. The summed E-state index contributed by atoms with van der Waals surface area (Å²) >= 11 is 14.3. The predicted octanol–water partition coefficient (Wildman–Crippen LogP) is 4.28. The van der Waals surface area contributed by atoms with Gasteiger partial charge in [0, 0.05) is 17.2 Å². The Balaban J connectivity index is 2.04. The zero-order valence-corrected chi connectivity index (χ0v) is 17.8. The molecule has 148 valence electrons. The van der Waals surface area contributed by atoms with Crippen molar-refractivity contribution in [1.29, 1.82) is 0 Å². The quantitative estimate of drug-likeness (QED) is 0.514. The summed E-state index contributed by atoms with van der Waals surface area (Å²) in [7, 11) is 1.52. The van der Waals surface area contributed by atoms with E-state index in [0.717, 1.165) is 29.8 Å². The van der Waals surface area contributed by atoms with Crippen molar-refractivity contribution in [1.82, 2.24) is 15.2 Å². The van der Waals surface area contributed by atoms with E-state index in [1.807, 2.05) is 12.2 Å². The van der Waals surface area contributed by atoms with Crippen LogP contribution in [0.2, 0.25) is 5.15 Å². The molecule has 2 aromatic heterocycles. The Hall–Kier alpha value is -1.96. The van der Waals surface area contributed by atoms with E-state index >= 15 is 0 Å². The topological polar surface area (TPSA) is 91.0 Å². The minimum atomic E-state index is -0.645. The van der Waals surface area contributed by atoms with Gasteiger partial charge in [0.1, 0.15) is 15.2 Å². The zero-order chi connectivity index (χ0) is 20.3. The van der Waals surface area contributed by atoms with Crippen molar-refractivity contribution in [2.75, 3.05) is 7.11 Å². The Labute approximate surface area is 177 Å². The van der Waals surface area contributed by atoms with E-state index in [-0.39, 0.29) is 0 Å². The van der Waals surface area contributed by atoms with Crippen molar-refractivity contribution in [3.63, 3.8) is 0 Å². The number of allylic oxidation sites excluding steroid dienone is 3. The van der Waals surface area contributed by atoms with Gasteiger partial charge in [0.15, 0.2) is 0 Å². The highest BCUT2D eigenvalue weighted by Gasteiger charge is 2.44. The van der Waals surface area contributed by atoms with E-state index in [4.69, 9.17) is 33.7 Å². The van der Waals surface area contributed by atoms with Crippen LogP contribution in [0.15, 0.2) is 35.9 Å². The van der Waals surface area contributed by atoms with Crippen LogP contribution in [-0.2, 0) is 10.2 Å². The average Bonchev–Trinajstić information content (AvgIpc) is 3.17. The molecule has 2 unspecified atom stereocenters. The number of alkyl halides is 1. The fourth-order valence-electron chi connectivity index (χ4n) is 3.17. The normalized spacial score (nSPS) is 21.4. The Morgan fingerprint density at radius 1 is 1.39 bits per heavy atom. The number of unbranched alkanes of at least 4 members (excludes halogenated alkanes) is 1. The molecule has 2 heterocycles. The number of nitrogens with zero attached hydrogens (tertiary/aromatic N) is 3. The lowest BCUT2D eigenvalue weighted by molar-refractivity contribution is -0.114. The smallest absolute Gasteiger partial charge is 0.246 e. The van der Waals surface area contributed by atoms with Crippen LogP contribution >= 0.6 is 34.5 Å². The van der Waals surface area contributed by atoms with Crippen molar-refractivity contribution < 1.29 is 9.53 Å². The van der Waals surface area contributed by atoms with Crippen LogP contribution in [-0.4, -0.2) is 33.6 Å². The maximum absolute atomic E-state index is 11.9. The molecular weight excluding hydrogens is 419 g/mol. The summed E-state index contributed by atoms with van der Waals surface area (Å²) in [6.07, 6.45) is 8.12. The highest BCUT2D eigenvalue weighted by molar-refractivity contribution is 7.14. The molecule has 2 N–H and O–H groups in total. The molecule has 1 amide bonds. The number of methoxy groups -OCH3 is 1. The number of nitrogens with two attached hydrogens (primary N) is 1. The standard InChI is InChI=1S/C19H20Cl2N4O2S/c1-3-4-7-19(8-5-6-12(15(19)21)16(22)26)18-25-24-17(28-18)11-9-13(20)23-14(10-11)27-2/h5-6,8-10,15H,3-4,7H2,1-2H3,(H2,22,26). The Morgan fingerprint density at radius 3 is 2.86 bits per heavy atom. The zero-order valence-electron chi connectivity index (χ0n) is 15.5. The van der Waals surface area contributed by atoms with E-state index in [1.54, 1.807) is 18.2 Å². The number of amides is 1. The first-order valence-electron chi connectivity index (χ1n) is 8.80. The molecule has 2 atom stereocenters. The van der Waals surface area contributed by atoms with Crippen molar-refractivity contribution >= 4 is 40.4 Å². The molecule has 3 rings (SSSR count). The third-order valence-corrected chi connectivity index (χ3v) is 6.66. The number of primary amides is 1. The van der Waals surface area contributed by atoms with Gasteiger partial charge in [0.05, 0.1) is 17.9 Å². The lowest BCUT2D eigenvalue weighted by Gasteiger charge is -2.35. The number of aromatic nitrogens is 3. The number of carbonyl (C=O) groups is 1. The molecule has 0 spiro atoms. The van der Waals surface area contributed by atoms with Gasteiger partial charge in [-0.05, 0) is 12.5 Å². The van der Waals surface area contributed by atoms with Crippen LogP contribution < -0.4 is 10.5 Å². The molecule has 1 aliphatic rings. The fraction of sp³-hybridized carbons (Fsp3) is 0.368. The van der Waals surface area contributed by atoms with Gasteiger partial charge in [0.2, 0.25) is 11.8 Å². The molecule has 0 fully saturated rings. The summed E-state index contributed by atoms with van der Waals surface area (Å²) in [5.41, 5.74) is 6.02. The number of pyridine rings is 1. The van der Waals surface area contributed by atoms with Crippen LogP contribution in [0, 0.1) is 0 Å². The molecular formula is C19H20Cl2N4O2S. The molecule has 9 heteroatoms. The first kappa shape index (κ1) is 20.8. The van der Waals surface area contributed by atoms with E-state index in [2.05, 4.69) is 22.1 Å². The minimum absolute atomic E-state index is 0.304. The largest absolute Gasteiger partial charge is 0.481 e. The summed E-state index contributed by atoms with van der Waals surface area (Å²) in [5.74, 6) is -0.132. The molecule has 6 nitrogen and oxygen atoms in total. The predicted molar refractivity (Wildman–Crippen MR) is 112 cm³/mol. The van der Waals surface area contributed by atoms with Gasteiger partial charge < -0.3 is 10.5 Å². The van der Waals surface area contributed by atoms with E-state index in [1.165, 1.54) is 18.4 Å². The van der Waals surface area contributed by atoms with Gasteiger partial charge in [-0.15, -0.1) is 21.8 Å². The number of hydrogen-bond donors (Lipinski definition) is 1. The first-order chi connectivity index (χ1) is 13.4. The summed E-state index contributed by atoms with van der Waals surface area (Å²) < 4.78 is 5.18. The van der Waals surface area contributed by atoms with Gasteiger partial charge in [-0.1, -0.05) is 60.9 Å². The van der Waals surface area contributed by atoms with Crippen molar-refractivity contribution in [2.45, 2.75) is 37.0 Å². The number of hydrogen-bond acceptors (Lipinski definition) is 6. The number of halogens is 2. The Bertz CT molecular complexity index is 944. The summed E-state index contributed by atoms with van der Waals surface area (Å²) in [4.78, 5) is 15.9. The molecule has 0 saturated heterocycles. The number of rotatable bonds is 7. The van der Waals surface area contributed by atoms with Crippen LogP contribution in [0.3, 0.4) is 0 Å². The van der Waals surface area contributed by atoms with Gasteiger partial charge in [-0.3, -0.25) is 4.79 Å². The molecule has 0 radical (unpaired) electrons. The lowest BCUT2D eigenvalue weighted by atomic mass is 9.74. The Morgan fingerprint density at radius 2 is 2.18 bits per heavy atom. The summed E-state index contributed by atoms with van der Waals surface area (Å²) in [5, 5.41) is 9.84. The number of carbonyl (C=O) groups excluding carboxylic acids is 1. The van der Waals surface area contributed by atoms with Gasteiger partial charge in [0.25, 0.3) is 0 Å². The fourth-order valence-corrected chi connectivity index (χ4v) is 4.96. The van der Waals surface area contributed by atoms with Gasteiger partial charge >= 0.3 is 0 Å². The second-order valence-corrected chi connectivity index (χ2v) is 8.29. The highest BCUT2D eigenvalue weighted by atomic mass is 35.5. The van der Waals surface area contributed by atoms with Crippen molar-refractivity contribution in [3.05, 3.63) is 46.1 Å². The van der Waals surface area contributed by atoms with Gasteiger partial charge in [-0.25, -0.2) is 4.98 Å². The monoisotopic (exact) mass is 438 g/mol. The van der Waals surface area contributed by atoms with Crippen LogP contribution in [0.1, 0.15) is 31.2 Å². The second-order valence-electron chi connectivity index (χ2n) is 6.49. The van der Waals surface area contributed by atoms with E-state index in [0.29, 0.717) is 21.6 Å². The average molecular weight is 439 g/mol. The molecule has 0 aliphatic heterocycles. The van der Waals surface area contributed by atoms with E-state index < -0.39 is 16.7 Å². The Kier molecular flexibility index (Phi) is 6.37. The number of ether oxygens (including phenoxy) is 1. The molecule has 0 aromatic carbocycles. The van der Waals surface area contributed by atoms with Crippen LogP contribution in [0.4, 0.5) is 0 Å². The molecule has 0 bridgehead atoms. The lowest BCUT2D eigenvalue weighted by Crippen LogP contribution is -2.40. The first-order valence-corrected chi connectivity index (χ1v) is 10.4. The van der Waals surface area contributed by atoms with Crippen molar-refractivity contribution in [3.8, 4) is 16.5 Å². The van der Waals surface area contributed by atoms with E-state index in [9.17, 15) is 4.79 Å². The third-order valence-electron chi connectivity index (χ3n) is 4.67. The SMILES string of the molecule is CCCCC1(c2nnc(-c3cc(Cl)nc(OC)c3)s2)C=CC=C(C(N)=O)C1Cl. The van der Waals surface area contributed by atoms with Crippen LogP contribution in [0.25, 0.3) is 10.6 Å². The maximum Gasteiger partial charge on any atom is 0.246 e. The summed E-state index contributed by atoms with van der Waals surface area (Å²) in [6, 6.07) is 3.45. The third kappa shape index (κ3) is 3.92.